The zero-order chi connectivity index (χ0) is 20.0. The summed E-state index contributed by atoms with van der Waals surface area (Å²) in [6.07, 6.45) is 0.0683. The van der Waals surface area contributed by atoms with Gasteiger partial charge in [0, 0.05) is 43.1 Å². The molecule has 2 aromatic carbocycles. The SMILES string of the molecule is COc1cc(Cl)c(C)cc1NC(=O)CCN(Cc1ccccc1F)C(C)=O. The molecule has 0 radical (unpaired) electrons. The summed E-state index contributed by atoms with van der Waals surface area (Å²) in [5.41, 5.74) is 1.72. The molecule has 0 saturated heterocycles. The molecule has 0 aliphatic rings. The van der Waals surface area contributed by atoms with Crippen LogP contribution in [0.3, 0.4) is 0 Å². The molecule has 7 heteroatoms. The van der Waals surface area contributed by atoms with Crippen molar-refractivity contribution in [2.24, 2.45) is 0 Å². The van der Waals surface area contributed by atoms with Gasteiger partial charge in [-0.25, -0.2) is 4.39 Å². The zero-order valence-corrected chi connectivity index (χ0v) is 16.3. The Hall–Kier alpha value is -2.60. The standard InChI is InChI=1S/C20H22ClFN2O3/c1-13-10-18(19(27-3)11-16(13)21)23-20(26)8-9-24(14(2)25)12-15-6-4-5-7-17(15)22/h4-7,10-11H,8-9,12H2,1-3H3,(H,23,26). The van der Waals surface area contributed by atoms with E-state index in [-0.39, 0.29) is 37.1 Å². The van der Waals surface area contributed by atoms with Crippen molar-refractivity contribution in [3.05, 3.63) is 58.4 Å². The molecular weight excluding hydrogens is 371 g/mol. The van der Waals surface area contributed by atoms with Crippen LogP contribution in [0.5, 0.6) is 5.75 Å². The number of anilines is 1. The molecule has 2 rings (SSSR count). The van der Waals surface area contributed by atoms with Crippen LogP contribution in [0.15, 0.2) is 36.4 Å². The first-order valence-corrected chi connectivity index (χ1v) is 8.82. The van der Waals surface area contributed by atoms with E-state index in [1.807, 2.05) is 6.92 Å². The van der Waals surface area contributed by atoms with Gasteiger partial charge in [-0.05, 0) is 24.6 Å². The molecule has 0 saturated carbocycles. The maximum Gasteiger partial charge on any atom is 0.226 e. The fourth-order valence-corrected chi connectivity index (χ4v) is 2.71. The summed E-state index contributed by atoms with van der Waals surface area (Å²) >= 11 is 6.06. The molecule has 0 aromatic heterocycles. The first-order valence-electron chi connectivity index (χ1n) is 8.44. The number of carbonyl (C=O) groups is 2. The first kappa shape index (κ1) is 20.7. The highest BCUT2D eigenvalue weighted by atomic mass is 35.5. The van der Waals surface area contributed by atoms with E-state index in [2.05, 4.69) is 5.32 Å². The molecule has 144 valence electrons. The van der Waals surface area contributed by atoms with Crippen molar-refractivity contribution in [3.8, 4) is 5.75 Å². The number of hydrogen-bond donors (Lipinski definition) is 1. The van der Waals surface area contributed by atoms with Gasteiger partial charge in [-0.3, -0.25) is 9.59 Å². The summed E-state index contributed by atoms with van der Waals surface area (Å²) < 4.78 is 19.0. The van der Waals surface area contributed by atoms with Crippen molar-refractivity contribution in [2.45, 2.75) is 26.8 Å². The highest BCUT2D eigenvalue weighted by Gasteiger charge is 2.15. The van der Waals surface area contributed by atoms with Crippen molar-refractivity contribution in [1.82, 2.24) is 4.90 Å². The van der Waals surface area contributed by atoms with Crippen LogP contribution < -0.4 is 10.1 Å². The molecule has 0 fully saturated rings. The topological polar surface area (TPSA) is 58.6 Å². The lowest BCUT2D eigenvalue weighted by molar-refractivity contribution is -0.130. The number of ether oxygens (including phenoxy) is 1. The van der Waals surface area contributed by atoms with Gasteiger partial charge in [-0.1, -0.05) is 29.8 Å². The first-order chi connectivity index (χ1) is 12.8. The number of aryl methyl sites for hydroxylation is 1. The van der Waals surface area contributed by atoms with Gasteiger partial charge >= 0.3 is 0 Å². The van der Waals surface area contributed by atoms with Crippen molar-refractivity contribution in [3.63, 3.8) is 0 Å². The number of nitrogens with one attached hydrogen (secondary N) is 1. The number of amides is 2. The highest BCUT2D eigenvalue weighted by Crippen LogP contribution is 2.31. The van der Waals surface area contributed by atoms with Crippen molar-refractivity contribution >= 4 is 29.1 Å². The second-order valence-corrected chi connectivity index (χ2v) is 6.54. The van der Waals surface area contributed by atoms with Crippen molar-refractivity contribution in [1.29, 1.82) is 0 Å². The van der Waals surface area contributed by atoms with Crippen LogP contribution in [0.25, 0.3) is 0 Å². The Morgan fingerprint density at radius 2 is 1.96 bits per heavy atom. The molecule has 27 heavy (non-hydrogen) atoms. The van der Waals surface area contributed by atoms with Gasteiger partial charge in [-0.15, -0.1) is 0 Å². The number of halogens is 2. The van der Waals surface area contributed by atoms with E-state index in [4.69, 9.17) is 16.3 Å². The van der Waals surface area contributed by atoms with Crippen molar-refractivity contribution < 1.29 is 18.7 Å². The second-order valence-electron chi connectivity index (χ2n) is 6.13. The lowest BCUT2D eigenvalue weighted by atomic mass is 10.2. The molecule has 2 aromatic rings. The number of methoxy groups -OCH3 is 1. The summed E-state index contributed by atoms with van der Waals surface area (Å²) in [4.78, 5) is 25.6. The minimum Gasteiger partial charge on any atom is -0.495 e. The quantitative estimate of drug-likeness (QED) is 0.769. The molecule has 0 aliphatic carbocycles. The van der Waals surface area contributed by atoms with E-state index < -0.39 is 0 Å². The van der Waals surface area contributed by atoms with E-state index in [1.165, 1.54) is 25.0 Å². The number of nitrogens with zero attached hydrogens (tertiary/aromatic N) is 1. The molecule has 0 heterocycles. The van der Waals surface area contributed by atoms with Crippen LogP contribution in [0.2, 0.25) is 5.02 Å². The second kappa shape index (κ2) is 9.37. The van der Waals surface area contributed by atoms with E-state index in [9.17, 15) is 14.0 Å². The highest BCUT2D eigenvalue weighted by molar-refractivity contribution is 6.31. The minimum absolute atomic E-state index is 0.0683. The molecule has 1 N–H and O–H groups in total. The predicted molar refractivity (Wildman–Crippen MR) is 103 cm³/mol. The van der Waals surface area contributed by atoms with Gasteiger partial charge in [0.05, 0.1) is 12.8 Å². The van der Waals surface area contributed by atoms with E-state index in [0.717, 1.165) is 5.56 Å². The van der Waals surface area contributed by atoms with Gasteiger partial charge in [0.25, 0.3) is 0 Å². The van der Waals surface area contributed by atoms with Crippen LogP contribution in [0.4, 0.5) is 10.1 Å². The minimum atomic E-state index is -0.380. The van der Waals surface area contributed by atoms with E-state index in [1.54, 1.807) is 30.3 Å². The van der Waals surface area contributed by atoms with Gasteiger partial charge in [0.2, 0.25) is 11.8 Å². The van der Waals surface area contributed by atoms with Crippen LogP contribution in [-0.2, 0) is 16.1 Å². The van der Waals surface area contributed by atoms with Crippen LogP contribution in [-0.4, -0.2) is 30.4 Å². The summed E-state index contributed by atoms with van der Waals surface area (Å²) in [5.74, 6) is -0.441. The fourth-order valence-electron chi connectivity index (χ4n) is 2.56. The third-order valence-electron chi connectivity index (χ3n) is 4.13. The van der Waals surface area contributed by atoms with E-state index in [0.29, 0.717) is 22.0 Å². The van der Waals surface area contributed by atoms with Gasteiger partial charge < -0.3 is 15.0 Å². The number of rotatable bonds is 7. The number of hydrogen-bond acceptors (Lipinski definition) is 3. The zero-order valence-electron chi connectivity index (χ0n) is 15.5. The monoisotopic (exact) mass is 392 g/mol. The Bertz CT molecular complexity index is 842. The molecule has 0 bridgehead atoms. The Kier molecular flexibility index (Phi) is 7.19. The van der Waals surface area contributed by atoms with Crippen LogP contribution >= 0.6 is 11.6 Å². The Morgan fingerprint density at radius 3 is 2.59 bits per heavy atom. The normalized spacial score (nSPS) is 10.4. The molecular formula is C20H22ClFN2O3. The summed E-state index contributed by atoms with van der Waals surface area (Å²) in [6.45, 7) is 3.50. The fraction of sp³-hybridized carbons (Fsp3) is 0.300. The molecule has 0 aliphatic heterocycles. The van der Waals surface area contributed by atoms with Gasteiger partial charge in [0.15, 0.2) is 0 Å². The third-order valence-corrected chi connectivity index (χ3v) is 4.54. The van der Waals surface area contributed by atoms with Gasteiger partial charge in [0.1, 0.15) is 11.6 Å². The largest absolute Gasteiger partial charge is 0.495 e. The summed E-state index contributed by atoms with van der Waals surface area (Å²) in [7, 11) is 1.49. The maximum absolute atomic E-state index is 13.8. The molecule has 0 atom stereocenters. The Balaban J connectivity index is 2.01. The smallest absolute Gasteiger partial charge is 0.226 e. The maximum atomic E-state index is 13.8. The molecule has 5 nitrogen and oxygen atoms in total. The predicted octanol–water partition coefficient (Wildman–Crippen LogP) is 4.17. The average molecular weight is 393 g/mol. The summed E-state index contributed by atoms with van der Waals surface area (Å²) in [5, 5.41) is 3.30. The Morgan fingerprint density at radius 1 is 1.26 bits per heavy atom. The van der Waals surface area contributed by atoms with Gasteiger partial charge in [-0.2, -0.15) is 0 Å². The molecule has 2 amide bonds. The summed E-state index contributed by atoms with van der Waals surface area (Å²) in [6, 6.07) is 9.61. The number of carbonyl (C=O) groups excluding carboxylic acids is 2. The average Bonchev–Trinajstić information content (AvgIpc) is 2.62. The molecule has 0 spiro atoms. The van der Waals surface area contributed by atoms with Crippen molar-refractivity contribution in [2.75, 3.05) is 19.0 Å². The lowest BCUT2D eigenvalue weighted by Crippen LogP contribution is -2.32. The third kappa shape index (κ3) is 5.69. The van der Waals surface area contributed by atoms with E-state index >= 15 is 0 Å². The molecule has 0 unspecified atom stereocenters. The lowest BCUT2D eigenvalue weighted by Gasteiger charge is -2.21. The van der Waals surface area contributed by atoms with Crippen LogP contribution in [0, 0.1) is 12.7 Å². The Labute approximate surface area is 163 Å². The number of benzene rings is 2. The van der Waals surface area contributed by atoms with Crippen LogP contribution in [0.1, 0.15) is 24.5 Å².